The molecule has 27 heavy (non-hydrogen) atoms. The second-order valence-corrected chi connectivity index (χ2v) is 5.64. The molecule has 0 saturated heterocycles. The Bertz CT molecular complexity index is 948. The number of hydrogen-bond acceptors (Lipinski definition) is 4. The van der Waals surface area contributed by atoms with Crippen LogP contribution in [0.15, 0.2) is 54.9 Å². The molecule has 8 heteroatoms. The predicted molar refractivity (Wildman–Crippen MR) is 94.9 cm³/mol. The Balaban J connectivity index is 1.56. The van der Waals surface area contributed by atoms with Crippen LogP contribution >= 0.6 is 0 Å². The monoisotopic (exact) mass is 372 g/mol. The summed E-state index contributed by atoms with van der Waals surface area (Å²) in [6.45, 7) is 0.410. The van der Waals surface area contributed by atoms with E-state index in [9.17, 15) is 18.0 Å². The lowest BCUT2D eigenvalue weighted by atomic mass is 10.1. The molecule has 1 aromatic heterocycles. The van der Waals surface area contributed by atoms with E-state index < -0.39 is 17.5 Å². The number of aromatic nitrogens is 2. The van der Waals surface area contributed by atoms with E-state index in [1.54, 1.807) is 18.2 Å². The van der Waals surface area contributed by atoms with Gasteiger partial charge < -0.3 is 10.6 Å². The number of hydrogen-bond donors (Lipinski definition) is 2. The summed E-state index contributed by atoms with van der Waals surface area (Å²) in [5.41, 5.74) is 0.536. The first-order valence-corrected chi connectivity index (χ1v) is 8.08. The third-order valence-corrected chi connectivity index (χ3v) is 3.73. The van der Waals surface area contributed by atoms with Gasteiger partial charge in [-0.2, -0.15) is 0 Å². The van der Waals surface area contributed by atoms with Crippen LogP contribution in [-0.4, -0.2) is 22.4 Å². The summed E-state index contributed by atoms with van der Waals surface area (Å²) in [6, 6.07) is 9.31. The van der Waals surface area contributed by atoms with Crippen LogP contribution in [0.1, 0.15) is 15.9 Å². The molecule has 3 aromatic rings. The predicted octanol–water partition coefficient (Wildman–Crippen LogP) is 3.80. The second-order valence-electron chi connectivity index (χ2n) is 5.64. The number of anilines is 2. The van der Waals surface area contributed by atoms with Gasteiger partial charge in [0.25, 0.3) is 5.91 Å². The highest BCUT2D eigenvalue weighted by Crippen LogP contribution is 2.16. The van der Waals surface area contributed by atoms with E-state index in [-0.39, 0.29) is 23.0 Å². The number of rotatable bonds is 6. The lowest BCUT2D eigenvalue weighted by molar-refractivity contribution is 0.102. The zero-order valence-corrected chi connectivity index (χ0v) is 14.0. The molecule has 1 amide bonds. The maximum absolute atomic E-state index is 13.6. The summed E-state index contributed by atoms with van der Waals surface area (Å²) in [6.07, 6.45) is 2.99. The number of nitrogens with zero attached hydrogens (tertiary/aromatic N) is 2. The van der Waals surface area contributed by atoms with E-state index in [4.69, 9.17) is 0 Å². The van der Waals surface area contributed by atoms with Crippen LogP contribution < -0.4 is 10.6 Å². The number of amides is 1. The highest BCUT2D eigenvalue weighted by Gasteiger charge is 2.11. The molecule has 0 spiro atoms. The maximum Gasteiger partial charge on any atom is 0.258 e. The standard InChI is InChI=1S/C19H15F3N4O/c20-14-5-6-17(16(22)9-14)26-18(27)13-10-24-19(25-11-13)23-8-7-12-3-1-2-4-15(12)21/h1-6,9-11H,7-8H2,(H,26,27)(H,23,24,25). The van der Waals surface area contributed by atoms with Crippen molar-refractivity contribution in [2.24, 2.45) is 0 Å². The molecule has 0 aliphatic rings. The van der Waals surface area contributed by atoms with Crippen LogP contribution in [0.3, 0.4) is 0 Å². The van der Waals surface area contributed by atoms with E-state index in [2.05, 4.69) is 20.6 Å². The second kappa shape index (κ2) is 8.31. The molecule has 2 N–H and O–H groups in total. The first kappa shape index (κ1) is 18.4. The Morgan fingerprint density at radius 3 is 2.41 bits per heavy atom. The minimum Gasteiger partial charge on any atom is -0.354 e. The normalized spacial score (nSPS) is 10.5. The first-order chi connectivity index (χ1) is 13.0. The highest BCUT2D eigenvalue weighted by molar-refractivity contribution is 6.03. The van der Waals surface area contributed by atoms with Gasteiger partial charge in [0.1, 0.15) is 17.5 Å². The molecule has 0 bridgehead atoms. The van der Waals surface area contributed by atoms with Crippen molar-refractivity contribution in [3.8, 4) is 0 Å². The Morgan fingerprint density at radius 1 is 0.963 bits per heavy atom. The fourth-order valence-electron chi connectivity index (χ4n) is 2.33. The van der Waals surface area contributed by atoms with Gasteiger partial charge in [-0.15, -0.1) is 0 Å². The maximum atomic E-state index is 13.6. The fraction of sp³-hybridized carbons (Fsp3) is 0.105. The van der Waals surface area contributed by atoms with Gasteiger partial charge in [-0.05, 0) is 30.2 Å². The van der Waals surface area contributed by atoms with Crippen molar-refractivity contribution in [2.45, 2.75) is 6.42 Å². The molecule has 138 valence electrons. The van der Waals surface area contributed by atoms with E-state index in [0.29, 0.717) is 24.6 Å². The third-order valence-electron chi connectivity index (χ3n) is 3.73. The Kier molecular flexibility index (Phi) is 5.65. The first-order valence-electron chi connectivity index (χ1n) is 8.08. The van der Waals surface area contributed by atoms with E-state index in [1.165, 1.54) is 18.5 Å². The summed E-state index contributed by atoms with van der Waals surface area (Å²) in [4.78, 5) is 20.1. The van der Waals surface area contributed by atoms with Gasteiger partial charge in [0.2, 0.25) is 5.95 Å². The molecule has 5 nitrogen and oxygen atoms in total. The zero-order chi connectivity index (χ0) is 19.2. The van der Waals surface area contributed by atoms with Crippen molar-refractivity contribution in [1.82, 2.24) is 9.97 Å². The van der Waals surface area contributed by atoms with Crippen molar-refractivity contribution in [3.05, 3.63) is 83.4 Å². The van der Waals surface area contributed by atoms with Crippen molar-refractivity contribution < 1.29 is 18.0 Å². The van der Waals surface area contributed by atoms with Crippen LogP contribution in [0.5, 0.6) is 0 Å². The molecule has 0 aliphatic carbocycles. The molecule has 0 atom stereocenters. The summed E-state index contributed by atoms with van der Waals surface area (Å²) in [5.74, 6) is -2.25. The van der Waals surface area contributed by atoms with Crippen molar-refractivity contribution >= 4 is 17.5 Å². The highest BCUT2D eigenvalue weighted by atomic mass is 19.1. The van der Waals surface area contributed by atoms with E-state index >= 15 is 0 Å². The quantitative estimate of drug-likeness (QED) is 0.691. The molecule has 3 rings (SSSR count). The lowest BCUT2D eigenvalue weighted by Gasteiger charge is -2.08. The largest absolute Gasteiger partial charge is 0.354 e. The minimum absolute atomic E-state index is 0.110. The Hall–Kier alpha value is -3.42. The topological polar surface area (TPSA) is 66.9 Å². The van der Waals surface area contributed by atoms with Gasteiger partial charge in [-0.1, -0.05) is 18.2 Å². The molecule has 2 aromatic carbocycles. The van der Waals surface area contributed by atoms with Crippen LogP contribution in [0.25, 0.3) is 0 Å². The number of halogens is 3. The third kappa shape index (κ3) is 4.81. The van der Waals surface area contributed by atoms with Crippen molar-refractivity contribution in [1.29, 1.82) is 0 Å². The minimum atomic E-state index is -0.879. The number of benzene rings is 2. The molecular weight excluding hydrogens is 357 g/mol. The molecule has 0 radical (unpaired) electrons. The smallest absolute Gasteiger partial charge is 0.258 e. The lowest BCUT2D eigenvalue weighted by Crippen LogP contribution is -2.15. The average molecular weight is 372 g/mol. The van der Waals surface area contributed by atoms with Crippen LogP contribution in [0.2, 0.25) is 0 Å². The van der Waals surface area contributed by atoms with E-state index in [1.807, 2.05) is 0 Å². The Labute approximate surface area is 153 Å². The van der Waals surface area contributed by atoms with Gasteiger partial charge >= 0.3 is 0 Å². The van der Waals surface area contributed by atoms with Gasteiger partial charge in [0.05, 0.1) is 11.3 Å². The number of carbonyl (C=O) groups excluding carboxylic acids is 1. The van der Waals surface area contributed by atoms with Crippen LogP contribution in [-0.2, 0) is 6.42 Å². The molecule has 0 saturated carbocycles. The van der Waals surface area contributed by atoms with E-state index in [0.717, 1.165) is 12.1 Å². The van der Waals surface area contributed by atoms with Gasteiger partial charge in [0, 0.05) is 25.0 Å². The molecular formula is C19H15F3N4O. The zero-order valence-electron chi connectivity index (χ0n) is 14.0. The fourth-order valence-corrected chi connectivity index (χ4v) is 2.33. The van der Waals surface area contributed by atoms with Crippen LogP contribution in [0.4, 0.5) is 24.8 Å². The van der Waals surface area contributed by atoms with Crippen LogP contribution in [0, 0.1) is 17.5 Å². The summed E-state index contributed by atoms with van der Waals surface area (Å²) in [7, 11) is 0. The molecule has 0 fully saturated rings. The average Bonchev–Trinajstić information content (AvgIpc) is 2.66. The number of nitrogens with one attached hydrogen (secondary N) is 2. The molecule has 0 unspecified atom stereocenters. The molecule has 1 heterocycles. The molecule has 0 aliphatic heterocycles. The summed E-state index contributed by atoms with van der Waals surface area (Å²) < 4.78 is 40.0. The SMILES string of the molecule is O=C(Nc1ccc(F)cc1F)c1cnc(NCCc2ccccc2F)nc1. The van der Waals surface area contributed by atoms with Crippen molar-refractivity contribution in [2.75, 3.05) is 17.2 Å². The summed E-state index contributed by atoms with van der Waals surface area (Å²) in [5, 5.41) is 5.25. The van der Waals surface area contributed by atoms with Gasteiger partial charge in [-0.25, -0.2) is 23.1 Å². The summed E-state index contributed by atoms with van der Waals surface area (Å²) >= 11 is 0. The Morgan fingerprint density at radius 2 is 1.70 bits per heavy atom. The number of carbonyl (C=O) groups is 1. The van der Waals surface area contributed by atoms with Gasteiger partial charge in [0.15, 0.2) is 0 Å². The van der Waals surface area contributed by atoms with Gasteiger partial charge in [-0.3, -0.25) is 4.79 Å². The van der Waals surface area contributed by atoms with Crippen molar-refractivity contribution in [3.63, 3.8) is 0 Å².